The zero-order chi connectivity index (χ0) is 15.9. The third-order valence-electron chi connectivity index (χ3n) is 3.99. The van der Waals surface area contributed by atoms with E-state index in [-0.39, 0.29) is 12.5 Å². The van der Waals surface area contributed by atoms with E-state index in [0.29, 0.717) is 0 Å². The minimum absolute atomic E-state index is 0.0357. The number of imide groups is 2. The number of amides is 4. The van der Waals surface area contributed by atoms with Crippen LogP contribution in [0.2, 0.25) is 0 Å². The molecule has 1 rings (SSSR count). The molecule has 0 N–H and O–H groups in total. The van der Waals surface area contributed by atoms with Crippen LogP contribution in [0.1, 0.15) is 20.3 Å². The zero-order valence-electron chi connectivity index (χ0n) is 12.5. The van der Waals surface area contributed by atoms with E-state index < -0.39 is 37.8 Å². The van der Waals surface area contributed by atoms with Gasteiger partial charge in [-0.25, -0.2) is 9.59 Å². The molecule has 8 nitrogen and oxygen atoms in total. The number of nitrogens with zero attached hydrogens (tertiary/aromatic N) is 3. The summed E-state index contributed by atoms with van der Waals surface area (Å²) < 4.78 is -1.50. The summed E-state index contributed by atoms with van der Waals surface area (Å²) in [5, 5.41) is 11.0. The second kappa shape index (κ2) is 5.02. The highest BCUT2D eigenvalue weighted by Crippen LogP contribution is 2.27. The minimum Gasteiger partial charge on any atom is -0.263 e. The van der Waals surface area contributed by atoms with Crippen molar-refractivity contribution in [3.05, 3.63) is 10.1 Å². The Kier molecular flexibility index (Phi) is 4.12. The van der Waals surface area contributed by atoms with Gasteiger partial charge in [0.1, 0.15) is 6.54 Å². The number of urea groups is 1. The minimum atomic E-state index is -1.98. The number of carbonyl (C=O) groups is 3. The van der Waals surface area contributed by atoms with Crippen molar-refractivity contribution >= 4 is 17.8 Å². The SMILES string of the molecule is CCC(C)C[N+]1(C)C(=O)C([N+](=O)[O-])C(=O)[N+](C)(C)C1=O. The van der Waals surface area contributed by atoms with Crippen molar-refractivity contribution in [1.82, 2.24) is 0 Å². The van der Waals surface area contributed by atoms with E-state index in [4.69, 9.17) is 0 Å². The van der Waals surface area contributed by atoms with Gasteiger partial charge in [-0.15, -0.1) is 8.97 Å². The lowest BCUT2D eigenvalue weighted by atomic mass is 10.0. The second-order valence-electron chi connectivity index (χ2n) is 5.99. The standard InChI is InChI=1S/C12H21N3O5/c1-6-8(2)7-15(5)11(17)9(13(19)20)10(16)14(3,4)12(15)18/h8-9H,6-7H2,1-5H3/q+2. The van der Waals surface area contributed by atoms with Gasteiger partial charge in [0.15, 0.2) is 0 Å². The Bertz CT molecular complexity index is 487. The lowest BCUT2D eigenvalue weighted by Gasteiger charge is -2.38. The van der Waals surface area contributed by atoms with Gasteiger partial charge in [-0.05, 0) is 6.42 Å². The Morgan fingerprint density at radius 3 is 2.10 bits per heavy atom. The molecule has 4 amide bonds. The third kappa shape index (κ3) is 2.25. The fraction of sp³-hybridized carbons (Fsp3) is 0.750. The van der Waals surface area contributed by atoms with Crippen LogP contribution < -0.4 is 0 Å². The number of likely N-dealkylation sites (N-methyl/N-ethyl adjacent to an activating group) is 2. The molecular formula is C12H21N3O5+2. The summed E-state index contributed by atoms with van der Waals surface area (Å²) >= 11 is 0. The molecule has 1 saturated heterocycles. The van der Waals surface area contributed by atoms with E-state index in [0.717, 1.165) is 6.42 Å². The Morgan fingerprint density at radius 2 is 1.70 bits per heavy atom. The van der Waals surface area contributed by atoms with Crippen LogP contribution in [0.5, 0.6) is 0 Å². The summed E-state index contributed by atoms with van der Waals surface area (Å²) in [6.45, 7) is 3.93. The van der Waals surface area contributed by atoms with Gasteiger partial charge in [0, 0.05) is 5.92 Å². The maximum Gasteiger partial charge on any atom is 0.529 e. The Labute approximate surface area is 117 Å². The molecule has 1 aliphatic heterocycles. The van der Waals surface area contributed by atoms with Crippen LogP contribution in [-0.4, -0.2) is 65.5 Å². The van der Waals surface area contributed by atoms with Crippen LogP contribution in [0.25, 0.3) is 0 Å². The quantitative estimate of drug-likeness (QED) is 0.322. The van der Waals surface area contributed by atoms with Crippen molar-refractivity contribution in [2.75, 3.05) is 27.7 Å². The first kappa shape index (κ1) is 16.4. The van der Waals surface area contributed by atoms with Crippen LogP contribution >= 0.6 is 0 Å². The molecule has 0 aromatic carbocycles. The van der Waals surface area contributed by atoms with Crippen molar-refractivity contribution in [3.8, 4) is 0 Å². The molecule has 0 aromatic rings. The molecule has 1 fully saturated rings. The third-order valence-corrected chi connectivity index (χ3v) is 3.99. The number of nitro groups is 1. The first-order valence-corrected chi connectivity index (χ1v) is 6.47. The number of hydrogen-bond donors (Lipinski definition) is 0. The van der Waals surface area contributed by atoms with Gasteiger partial charge in [0.05, 0.1) is 26.1 Å². The highest BCUT2D eigenvalue weighted by atomic mass is 16.6. The van der Waals surface area contributed by atoms with Crippen LogP contribution in [0, 0.1) is 16.0 Å². The fourth-order valence-corrected chi connectivity index (χ4v) is 2.52. The predicted molar refractivity (Wildman–Crippen MR) is 68.8 cm³/mol. The molecule has 0 aromatic heterocycles. The fourth-order valence-electron chi connectivity index (χ4n) is 2.52. The van der Waals surface area contributed by atoms with Gasteiger partial charge in [-0.2, -0.15) is 4.79 Å². The summed E-state index contributed by atoms with van der Waals surface area (Å²) in [7, 11) is 3.95. The Morgan fingerprint density at radius 1 is 1.20 bits per heavy atom. The maximum atomic E-state index is 12.5. The Balaban J connectivity index is 3.36. The summed E-state index contributed by atoms with van der Waals surface area (Å²) in [4.78, 5) is 47.0. The number of hydrogen-bond acceptors (Lipinski definition) is 5. The molecule has 0 bridgehead atoms. The number of quaternary nitrogens is 2. The van der Waals surface area contributed by atoms with E-state index in [9.17, 15) is 24.5 Å². The van der Waals surface area contributed by atoms with Crippen molar-refractivity contribution < 1.29 is 28.3 Å². The van der Waals surface area contributed by atoms with E-state index in [1.807, 2.05) is 13.8 Å². The molecule has 112 valence electrons. The van der Waals surface area contributed by atoms with E-state index in [1.54, 1.807) is 0 Å². The zero-order valence-corrected chi connectivity index (χ0v) is 12.5. The molecule has 3 unspecified atom stereocenters. The maximum absolute atomic E-state index is 12.5. The van der Waals surface area contributed by atoms with Crippen LogP contribution in [-0.2, 0) is 9.59 Å². The van der Waals surface area contributed by atoms with Crippen LogP contribution in [0.3, 0.4) is 0 Å². The first-order valence-electron chi connectivity index (χ1n) is 6.47. The second-order valence-corrected chi connectivity index (χ2v) is 5.99. The summed E-state index contributed by atoms with van der Waals surface area (Å²) in [5.41, 5.74) is 0. The average molecular weight is 287 g/mol. The summed E-state index contributed by atoms with van der Waals surface area (Å²) in [6.07, 6.45) is 0.735. The summed E-state index contributed by atoms with van der Waals surface area (Å²) in [5.74, 6) is -1.89. The van der Waals surface area contributed by atoms with Crippen LogP contribution in [0.4, 0.5) is 4.79 Å². The predicted octanol–water partition coefficient (Wildman–Crippen LogP) is 0.388. The molecule has 8 heteroatoms. The first-order chi connectivity index (χ1) is 9.00. The van der Waals surface area contributed by atoms with Gasteiger partial charge in [0.2, 0.25) is 0 Å². The lowest BCUT2D eigenvalue weighted by molar-refractivity contribution is -0.889. The van der Waals surface area contributed by atoms with Gasteiger partial charge < -0.3 is 0 Å². The highest BCUT2D eigenvalue weighted by molar-refractivity contribution is 6.06. The molecule has 3 atom stereocenters. The van der Waals surface area contributed by atoms with Crippen molar-refractivity contribution in [1.29, 1.82) is 0 Å². The molecule has 1 aliphatic rings. The van der Waals surface area contributed by atoms with E-state index in [1.165, 1.54) is 21.1 Å². The highest BCUT2D eigenvalue weighted by Gasteiger charge is 2.70. The van der Waals surface area contributed by atoms with Crippen molar-refractivity contribution in [2.45, 2.75) is 26.3 Å². The Hall–Kier alpha value is -1.67. The normalized spacial score (nSPS) is 31.2. The van der Waals surface area contributed by atoms with E-state index in [2.05, 4.69) is 0 Å². The van der Waals surface area contributed by atoms with Gasteiger partial charge in [-0.1, -0.05) is 13.8 Å². The molecule has 0 aliphatic carbocycles. The molecular weight excluding hydrogens is 266 g/mol. The van der Waals surface area contributed by atoms with E-state index >= 15 is 0 Å². The molecule has 20 heavy (non-hydrogen) atoms. The average Bonchev–Trinajstić information content (AvgIpc) is 2.35. The monoisotopic (exact) mass is 287 g/mol. The smallest absolute Gasteiger partial charge is 0.263 e. The van der Waals surface area contributed by atoms with Crippen molar-refractivity contribution in [3.63, 3.8) is 0 Å². The van der Waals surface area contributed by atoms with Crippen LogP contribution in [0.15, 0.2) is 0 Å². The van der Waals surface area contributed by atoms with Gasteiger partial charge in [-0.3, -0.25) is 10.1 Å². The molecule has 0 radical (unpaired) electrons. The number of barbiturate groups is 1. The molecule has 1 heterocycles. The number of rotatable bonds is 4. The number of carbonyl (C=O) groups excluding carboxylic acids is 3. The largest absolute Gasteiger partial charge is 0.529 e. The van der Waals surface area contributed by atoms with Crippen molar-refractivity contribution in [2.24, 2.45) is 5.92 Å². The summed E-state index contributed by atoms with van der Waals surface area (Å²) in [6, 6.07) is -2.60. The molecule has 0 saturated carbocycles. The topological polar surface area (TPSA) is 94.3 Å². The van der Waals surface area contributed by atoms with Gasteiger partial charge in [0.25, 0.3) is 0 Å². The lowest BCUT2D eigenvalue weighted by Crippen LogP contribution is -2.77. The van der Waals surface area contributed by atoms with Gasteiger partial charge >= 0.3 is 23.9 Å². The molecule has 0 spiro atoms.